The van der Waals surface area contributed by atoms with E-state index in [0.717, 1.165) is 6.07 Å². The van der Waals surface area contributed by atoms with Crippen molar-refractivity contribution >= 4 is 21.6 Å². The number of hydrogen-bond donors (Lipinski definition) is 0. The van der Waals surface area contributed by atoms with Gasteiger partial charge in [0.15, 0.2) is 0 Å². The fourth-order valence-electron chi connectivity index (χ4n) is 1.12. The second-order valence-corrected chi connectivity index (χ2v) is 4.63. The molecule has 0 aliphatic carbocycles. The molecule has 0 saturated heterocycles. The maximum atomic E-state index is 12.2. The van der Waals surface area contributed by atoms with Crippen molar-refractivity contribution in [1.82, 2.24) is 0 Å². The predicted molar refractivity (Wildman–Crippen MR) is 62.1 cm³/mol. The molecule has 8 heteroatoms. The van der Waals surface area contributed by atoms with Crippen LogP contribution in [0.5, 0.6) is 5.75 Å². The van der Waals surface area contributed by atoms with Crippen molar-refractivity contribution in [2.75, 3.05) is 6.61 Å². The van der Waals surface area contributed by atoms with Crippen LogP contribution in [0.15, 0.2) is 18.2 Å². The molecule has 0 fully saturated rings. The zero-order valence-corrected chi connectivity index (χ0v) is 10.8. The Morgan fingerprint density at radius 2 is 2.11 bits per heavy atom. The molecule has 0 aromatic heterocycles. The number of halogens is 4. The van der Waals surface area contributed by atoms with Crippen molar-refractivity contribution in [3.8, 4) is 5.75 Å². The monoisotopic (exact) mass is 327 g/mol. The highest BCUT2D eigenvalue weighted by Gasteiger charge is 2.38. The van der Waals surface area contributed by atoms with Gasteiger partial charge >= 0.3 is 6.18 Å². The zero-order valence-electron chi connectivity index (χ0n) is 9.20. The van der Waals surface area contributed by atoms with E-state index in [0.29, 0.717) is 5.56 Å². The summed E-state index contributed by atoms with van der Waals surface area (Å²) < 4.78 is 41.6. The molecule has 0 amide bonds. The van der Waals surface area contributed by atoms with Gasteiger partial charge in [0.1, 0.15) is 17.2 Å². The number of nitrogens with zero attached hydrogens (tertiary/aromatic N) is 1. The van der Waals surface area contributed by atoms with Crippen molar-refractivity contribution in [1.29, 1.82) is 0 Å². The summed E-state index contributed by atoms with van der Waals surface area (Å²) in [5.41, 5.74) is 0.302. The fourth-order valence-corrected chi connectivity index (χ4v) is 1.25. The third-order valence-electron chi connectivity index (χ3n) is 2.12. The van der Waals surface area contributed by atoms with Gasteiger partial charge in [0.05, 0.1) is 11.0 Å². The third kappa shape index (κ3) is 3.86. The van der Waals surface area contributed by atoms with Gasteiger partial charge in [0, 0.05) is 6.07 Å². The van der Waals surface area contributed by atoms with E-state index in [1.807, 2.05) is 0 Å². The highest BCUT2D eigenvalue weighted by molar-refractivity contribution is 9.09. The lowest BCUT2D eigenvalue weighted by Crippen LogP contribution is -2.29. The Labute approximate surface area is 109 Å². The molecular weight excluding hydrogens is 319 g/mol. The summed E-state index contributed by atoms with van der Waals surface area (Å²) in [5, 5.41) is 10.5. The number of hydrogen-bond acceptors (Lipinski definition) is 3. The lowest BCUT2D eigenvalue weighted by atomic mass is 10.2. The minimum Gasteiger partial charge on any atom is -0.492 e. The van der Waals surface area contributed by atoms with E-state index >= 15 is 0 Å². The Hall–Kier alpha value is -1.31. The highest BCUT2D eigenvalue weighted by Crippen LogP contribution is 2.29. The van der Waals surface area contributed by atoms with Crippen molar-refractivity contribution in [3.05, 3.63) is 33.9 Å². The largest absolute Gasteiger partial charge is 0.492 e. The molecule has 1 aromatic rings. The molecule has 0 N–H and O–H groups in total. The first kappa shape index (κ1) is 14.7. The molecule has 0 bridgehead atoms. The van der Waals surface area contributed by atoms with Crippen LogP contribution < -0.4 is 4.74 Å². The SMILES string of the molecule is Cc1ccc([N+](=O)[O-])cc1OCC(Br)C(F)(F)F. The first-order valence-corrected chi connectivity index (χ1v) is 5.72. The zero-order chi connectivity index (χ0) is 13.9. The average Bonchev–Trinajstić information content (AvgIpc) is 2.25. The molecule has 4 nitrogen and oxygen atoms in total. The normalized spacial score (nSPS) is 13.2. The number of benzene rings is 1. The van der Waals surface area contributed by atoms with E-state index in [4.69, 9.17) is 4.74 Å². The molecule has 18 heavy (non-hydrogen) atoms. The molecule has 100 valence electrons. The molecule has 0 heterocycles. The van der Waals surface area contributed by atoms with Crippen LogP contribution in [-0.4, -0.2) is 22.5 Å². The van der Waals surface area contributed by atoms with E-state index in [9.17, 15) is 23.3 Å². The van der Waals surface area contributed by atoms with Gasteiger partial charge in [-0.25, -0.2) is 0 Å². The van der Waals surface area contributed by atoms with E-state index in [-0.39, 0.29) is 11.4 Å². The van der Waals surface area contributed by atoms with Gasteiger partial charge in [-0.15, -0.1) is 0 Å². The Morgan fingerprint density at radius 1 is 1.50 bits per heavy atom. The van der Waals surface area contributed by atoms with Crippen LogP contribution in [0.3, 0.4) is 0 Å². The maximum absolute atomic E-state index is 12.2. The van der Waals surface area contributed by atoms with E-state index < -0.39 is 22.5 Å². The molecule has 0 radical (unpaired) electrons. The van der Waals surface area contributed by atoms with Crippen LogP contribution in [0.1, 0.15) is 5.56 Å². The Bertz CT molecular complexity index is 450. The van der Waals surface area contributed by atoms with Crippen LogP contribution >= 0.6 is 15.9 Å². The molecule has 1 atom stereocenters. The number of rotatable bonds is 4. The summed E-state index contributed by atoms with van der Waals surface area (Å²) in [6.07, 6.45) is -4.42. The molecule has 0 saturated carbocycles. The maximum Gasteiger partial charge on any atom is 0.404 e. The lowest BCUT2D eigenvalue weighted by molar-refractivity contribution is -0.384. The Morgan fingerprint density at radius 3 is 2.61 bits per heavy atom. The molecule has 1 unspecified atom stereocenters. The number of nitro groups is 1. The first-order valence-electron chi connectivity index (χ1n) is 4.80. The molecule has 0 aliphatic heterocycles. The van der Waals surface area contributed by atoms with Crippen molar-refractivity contribution in [2.45, 2.75) is 17.9 Å². The predicted octanol–water partition coefficient (Wildman–Crippen LogP) is 3.61. The smallest absolute Gasteiger partial charge is 0.404 e. The second kappa shape index (κ2) is 5.55. The number of aryl methyl sites for hydroxylation is 1. The fraction of sp³-hybridized carbons (Fsp3) is 0.400. The van der Waals surface area contributed by atoms with Crippen molar-refractivity contribution < 1.29 is 22.8 Å². The van der Waals surface area contributed by atoms with Crippen LogP contribution in [0.4, 0.5) is 18.9 Å². The van der Waals surface area contributed by atoms with Crippen molar-refractivity contribution in [3.63, 3.8) is 0 Å². The minimum absolute atomic E-state index is 0.0675. The average molecular weight is 328 g/mol. The van der Waals surface area contributed by atoms with Gasteiger partial charge in [-0.1, -0.05) is 15.9 Å². The van der Waals surface area contributed by atoms with E-state index in [2.05, 4.69) is 15.9 Å². The number of ether oxygens (including phenoxy) is 1. The summed E-state index contributed by atoms with van der Waals surface area (Å²) >= 11 is 2.44. The van der Waals surface area contributed by atoms with Crippen LogP contribution in [0.25, 0.3) is 0 Å². The summed E-state index contributed by atoms with van der Waals surface area (Å²) in [7, 11) is 0. The lowest BCUT2D eigenvalue weighted by Gasteiger charge is -2.15. The Kier molecular flexibility index (Phi) is 4.55. The number of alkyl halides is 4. The molecule has 1 rings (SSSR count). The van der Waals surface area contributed by atoms with Gasteiger partial charge in [0.25, 0.3) is 5.69 Å². The second-order valence-electron chi connectivity index (χ2n) is 3.53. The topological polar surface area (TPSA) is 52.4 Å². The Balaban J connectivity index is 2.78. The van der Waals surface area contributed by atoms with Crippen molar-refractivity contribution in [2.24, 2.45) is 0 Å². The quantitative estimate of drug-likeness (QED) is 0.482. The molecule has 1 aromatic carbocycles. The summed E-state index contributed by atoms with van der Waals surface area (Å²) in [5.74, 6) is 0.0675. The van der Waals surface area contributed by atoms with Gasteiger partial charge in [-0.05, 0) is 18.6 Å². The van der Waals surface area contributed by atoms with Crippen LogP contribution in [0, 0.1) is 17.0 Å². The highest BCUT2D eigenvalue weighted by atomic mass is 79.9. The summed E-state index contributed by atoms with van der Waals surface area (Å²) in [4.78, 5) is 8.07. The summed E-state index contributed by atoms with van der Waals surface area (Å²) in [6, 6.07) is 3.79. The minimum atomic E-state index is -4.42. The van der Waals surface area contributed by atoms with Gasteiger partial charge in [0.2, 0.25) is 0 Å². The van der Waals surface area contributed by atoms with Crippen LogP contribution in [0.2, 0.25) is 0 Å². The summed E-state index contributed by atoms with van der Waals surface area (Å²) in [6.45, 7) is 0.946. The van der Waals surface area contributed by atoms with Gasteiger partial charge < -0.3 is 4.74 Å². The van der Waals surface area contributed by atoms with Gasteiger partial charge in [-0.3, -0.25) is 10.1 Å². The van der Waals surface area contributed by atoms with E-state index in [1.165, 1.54) is 12.1 Å². The molecular formula is C10H9BrF3NO3. The first-order chi connectivity index (χ1) is 8.21. The number of nitro benzene ring substituents is 1. The number of non-ortho nitro benzene ring substituents is 1. The van der Waals surface area contributed by atoms with E-state index in [1.54, 1.807) is 6.92 Å². The van der Waals surface area contributed by atoms with Gasteiger partial charge in [-0.2, -0.15) is 13.2 Å². The van der Waals surface area contributed by atoms with Crippen LogP contribution in [-0.2, 0) is 0 Å². The molecule has 0 spiro atoms. The third-order valence-corrected chi connectivity index (χ3v) is 2.91. The standard InChI is InChI=1S/C10H9BrF3NO3/c1-6-2-3-7(15(16)17)4-8(6)18-5-9(11)10(12,13)14/h2-4,9H,5H2,1H3. The molecule has 0 aliphatic rings.